The molecule has 25 heavy (non-hydrogen) atoms. The van der Waals surface area contributed by atoms with Crippen LogP contribution in [0.4, 0.5) is 5.82 Å². The quantitative estimate of drug-likeness (QED) is 0.779. The largest absolute Gasteiger partial charge is 0.367 e. The number of aryl methyl sites for hydroxylation is 1. The van der Waals surface area contributed by atoms with Gasteiger partial charge in [0.25, 0.3) is 0 Å². The van der Waals surface area contributed by atoms with Crippen LogP contribution in [0.15, 0.2) is 12.5 Å². The lowest BCUT2D eigenvalue weighted by Crippen LogP contribution is -2.43. The van der Waals surface area contributed by atoms with Gasteiger partial charge in [0, 0.05) is 26.2 Å². The molecule has 0 spiro atoms. The predicted molar refractivity (Wildman–Crippen MR) is 92.7 cm³/mol. The summed E-state index contributed by atoms with van der Waals surface area (Å²) < 4.78 is 1.73. The normalized spacial score (nSPS) is 15.8. The average molecular weight is 342 g/mol. The number of piperidine rings is 1. The Morgan fingerprint density at radius 3 is 2.92 bits per heavy atom. The lowest BCUT2D eigenvalue weighted by molar-refractivity contribution is -0.122. The first-order valence-electron chi connectivity index (χ1n) is 8.44. The smallest absolute Gasteiger partial charge is 0.233 e. The lowest BCUT2D eigenvalue weighted by atomic mass is 10.0. The van der Waals surface area contributed by atoms with E-state index >= 15 is 0 Å². The van der Waals surface area contributed by atoms with Crippen LogP contribution >= 0.6 is 0 Å². The lowest BCUT2D eigenvalue weighted by Gasteiger charge is -2.32. The molecule has 0 atom stereocenters. The number of hydrogen-bond acceptors (Lipinski definition) is 7. The number of nitrogens with one attached hydrogen (secondary N) is 2. The molecule has 1 saturated heterocycles. The maximum absolute atomic E-state index is 11.5. The fourth-order valence-electron chi connectivity index (χ4n) is 3.04. The Labute approximate surface area is 146 Å². The minimum Gasteiger partial charge on any atom is -0.367 e. The Balaban J connectivity index is 1.63. The van der Waals surface area contributed by atoms with Gasteiger partial charge in [0.05, 0.1) is 37.2 Å². The van der Waals surface area contributed by atoms with Crippen molar-refractivity contribution in [2.75, 3.05) is 32.0 Å². The van der Waals surface area contributed by atoms with Crippen LogP contribution in [0, 0.1) is 11.3 Å². The van der Waals surface area contributed by atoms with Crippen LogP contribution in [-0.2, 0) is 11.3 Å². The van der Waals surface area contributed by atoms with Gasteiger partial charge in [-0.2, -0.15) is 10.4 Å². The number of carbonyl (C=O) groups is 1. The van der Waals surface area contributed by atoms with E-state index in [1.807, 2.05) is 0 Å². The van der Waals surface area contributed by atoms with Gasteiger partial charge in [-0.15, -0.1) is 0 Å². The summed E-state index contributed by atoms with van der Waals surface area (Å²) in [5.41, 5.74) is 0.741. The van der Waals surface area contributed by atoms with Crippen molar-refractivity contribution in [3.63, 3.8) is 0 Å². The van der Waals surface area contributed by atoms with Gasteiger partial charge in [0.1, 0.15) is 12.1 Å². The average Bonchev–Trinajstić information content (AvgIpc) is 3.05. The standard InChI is InChI=1S/C16H22N8O/c1-18-14(25)10-23-7-3-12(4-8-23)22-15-13-9-21-24(6-2-5-17)16(13)20-11-19-15/h9,11-12H,2-4,6-8,10H2,1H3,(H,18,25)(H,19,20,22). The van der Waals surface area contributed by atoms with Crippen molar-refractivity contribution in [3.05, 3.63) is 12.5 Å². The molecule has 2 aromatic heterocycles. The predicted octanol–water partition coefficient (Wildman–Crippen LogP) is 0.362. The molecular weight excluding hydrogens is 320 g/mol. The highest BCUT2D eigenvalue weighted by Crippen LogP contribution is 2.22. The molecule has 3 rings (SSSR count). The monoisotopic (exact) mass is 342 g/mol. The summed E-state index contributed by atoms with van der Waals surface area (Å²) in [7, 11) is 1.66. The van der Waals surface area contributed by atoms with E-state index in [2.05, 4.69) is 36.7 Å². The molecule has 0 aromatic carbocycles. The third kappa shape index (κ3) is 4.03. The Morgan fingerprint density at radius 1 is 1.40 bits per heavy atom. The van der Waals surface area contributed by atoms with Gasteiger partial charge < -0.3 is 10.6 Å². The molecule has 132 valence electrons. The first kappa shape index (κ1) is 17.1. The molecule has 9 heteroatoms. The molecule has 1 fully saturated rings. The number of aromatic nitrogens is 4. The molecule has 0 saturated carbocycles. The summed E-state index contributed by atoms with van der Waals surface area (Å²) >= 11 is 0. The number of hydrogen-bond donors (Lipinski definition) is 2. The highest BCUT2D eigenvalue weighted by atomic mass is 16.1. The number of likely N-dealkylation sites (N-methyl/N-ethyl adjacent to an activating group) is 1. The van der Waals surface area contributed by atoms with Crippen molar-refractivity contribution in [1.82, 2.24) is 30.0 Å². The molecule has 2 N–H and O–H groups in total. The Bertz CT molecular complexity index is 772. The Morgan fingerprint density at radius 2 is 2.20 bits per heavy atom. The highest BCUT2D eigenvalue weighted by Gasteiger charge is 2.21. The Kier molecular flexibility index (Phi) is 5.40. The first-order chi connectivity index (χ1) is 12.2. The van der Waals surface area contributed by atoms with Crippen LogP contribution in [0.3, 0.4) is 0 Å². The second kappa shape index (κ2) is 7.90. The number of fused-ring (bicyclic) bond motifs is 1. The summed E-state index contributed by atoms with van der Waals surface area (Å²) in [4.78, 5) is 22.3. The second-order valence-corrected chi connectivity index (χ2v) is 6.10. The molecular formula is C16H22N8O. The number of carbonyl (C=O) groups excluding carboxylic acids is 1. The molecule has 0 aliphatic carbocycles. The van der Waals surface area contributed by atoms with Crippen molar-refractivity contribution in [2.24, 2.45) is 0 Å². The van der Waals surface area contributed by atoms with Crippen molar-refractivity contribution in [3.8, 4) is 6.07 Å². The summed E-state index contributed by atoms with van der Waals surface area (Å²) in [5, 5.41) is 20.1. The number of amides is 1. The Hall–Kier alpha value is -2.73. The molecule has 3 heterocycles. The summed E-state index contributed by atoms with van der Waals surface area (Å²) in [6.45, 7) is 2.72. The van der Waals surface area contributed by atoms with Gasteiger partial charge >= 0.3 is 0 Å². The number of nitrogens with zero attached hydrogens (tertiary/aromatic N) is 6. The van der Waals surface area contributed by atoms with Crippen molar-refractivity contribution in [2.45, 2.75) is 31.8 Å². The van der Waals surface area contributed by atoms with Crippen LogP contribution in [0.2, 0.25) is 0 Å². The zero-order valence-electron chi connectivity index (χ0n) is 14.3. The van der Waals surface area contributed by atoms with Crippen LogP contribution in [0.5, 0.6) is 0 Å². The van der Waals surface area contributed by atoms with E-state index in [1.165, 1.54) is 6.33 Å². The molecule has 1 amide bonds. The molecule has 1 aliphatic heterocycles. The van der Waals surface area contributed by atoms with Gasteiger partial charge in [0.15, 0.2) is 5.65 Å². The van der Waals surface area contributed by atoms with Crippen molar-refractivity contribution >= 4 is 22.8 Å². The third-order valence-corrected chi connectivity index (χ3v) is 4.44. The van der Waals surface area contributed by atoms with Crippen molar-refractivity contribution in [1.29, 1.82) is 5.26 Å². The molecule has 0 unspecified atom stereocenters. The molecule has 1 aliphatic rings. The fraction of sp³-hybridized carbons (Fsp3) is 0.562. The van der Waals surface area contributed by atoms with E-state index in [0.29, 0.717) is 25.6 Å². The maximum atomic E-state index is 11.5. The maximum Gasteiger partial charge on any atom is 0.233 e. The van der Waals surface area contributed by atoms with E-state index < -0.39 is 0 Å². The highest BCUT2D eigenvalue weighted by molar-refractivity contribution is 5.86. The first-order valence-corrected chi connectivity index (χ1v) is 8.44. The van der Waals surface area contributed by atoms with E-state index in [0.717, 1.165) is 42.8 Å². The van der Waals surface area contributed by atoms with Crippen LogP contribution in [0.1, 0.15) is 19.3 Å². The molecule has 2 aromatic rings. The third-order valence-electron chi connectivity index (χ3n) is 4.44. The van der Waals surface area contributed by atoms with E-state index in [4.69, 9.17) is 5.26 Å². The zero-order chi connectivity index (χ0) is 17.6. The van der Waals surface area contributed by atoms with Gasteiger partial charge in [-0.25, -0.2) is 14.6 Å². The minimum absolute atomic E-state index is 0.0497. The molecule has 0 radical (unpaired) electrons. The fourth-order valence-corrected chi connectivity index (χ4v) is 3.04. The molecule has 9 nitrogen and oxygen atoms in total. The number of anilines is 1. The van der Waals surface area contributed by atoms with Crippen molar-refractivity contribution < 1.29 is 4.79 Å². The summed E-state index contributed by atoms with van der Waals surface area (Å²) in [5.74, 6) is 0.826. The zero-order valence-corrected chi connectivity index (χ0v) is 14.3. The van der Waals surface area contributed by atoms with Crippen LogP contribution < -0.4 is 10.6 Å². The van der Waals surface area contributed by atoms with E-state index in [-0.39, 0.29) is 5.91 Å². The SMILES string of the molecule is CNC(=O)CN1CCC(Nc2ncnc3c2cnn3CCC#N)CC1. The van der Waals surface area contributed by atoms with Gasteiger partial charge in [-0.05, 0) is 12.8 Å². The number of nitriles is 1. The topological polar surface area (TPSA) is 112 Å². The number of likely N-dealkylation sites (tertiary alicyclic amines) is 1. The summed E-state index contributed by atoms with van der Waals surface area (Å²) in [6, 6.07) is 2.43. The van der Waals surface area contributed by atoms with E-state index in [9.17, 15) is 4.79 Å². The van der Waals surface area contributed by atoms with Crippen LogP contribution in [0.25, 0.3) is 11.0 Å². The van der Waals surface area contributed by atoms with Gasteiger partial charge in [-0.3, -0.25) is 9.69 Å². The molecule has 0 bridgehead atoms. The van der Waals surface area contributed by atoms with Gasteiger partial charge in [0.2, 0.25) is 5.91 Å². The van der Waals surface area contributed by atoms with Gasteiger partial charge in [-0.1, -0.05) is 0 Å². The minimum atomic E-state index is 0.0497. The summed E-state index contributed by atoms with van der Waals surface area (Å²) in [6.07, 6.45) is 5.56. The van der Waals surface area contributed by atoms with E-state index in [1.54, 1.807) is 17.9 Å². The van der Waals surface area contributed by atoms with Crippen LogP contribution in [-0.4, -0.2) is 63.3 Å². The second-order valence-electron chi connectivity index (χ2n) is 6.10. The number of rotatable bonds is 6.